The Bertz CT molecular complexity index is 1470. The van der Waals surface area contributed by atoms with Crippen molar-refractivity contribution in [2.45, 2.75) is 89.6 Å². The molecule has 214 valence electrons. The van der Waals surface area contributed by atoms with Gasteiger partial charge >= 0.3 is 0 Å². The van der Waals surface area contributed by atoms with E-state index in [1.54, 1.807) is 0 Å². The van der Waals surface area contributed by atoms with Crippen molar-refractivity contribution in [1.82, 2.24) is 14.9 Å². The Labute approximate surface area is 244 Å². The molecule has 1 fully saturated rings. The molecule has 0 saturated heterocycles. The number of aliphatic hydroxyl groups is 1. The second-order valence-corrected chi connectivity index (χ2v) is 12.2. The van der Waals surface area contributed by atoms with E-state index in [1.165, 1.54) is 66.3 Å². The number of rotatable bonds is 8. The lowest BCUT2D eigenvalue weighted by molar-refractivity contribution is -0.125. The van der Waals surface area contributed by atoms with E-state index in [9.17, 15) is 9.90 Å². The van der Waals surface area contributed by atoms with E-state index in [1.807, 2.05) is 36.5 Å². The van der Waals surface area contributed by atoms with Crippen molar-refractivity contribution in [2.24, 2.45) is 5.92 Å². The lowest BCUT2D eigenvalue weighted by Crippen LogP contribution is -2.37. The van der Waals surface area contributed by atoms with Crippen LogP contribution in [0, 0.1) is 12.8 Å². The third kappa shape index (κ3) is 5.83. The van der Waals surface area contributed by atoms with Crippen molar-refractivity contribution in [3.05, 3.63) is 100 Å². The van der Waals surface area contributed by atoms with Crippen molar-refractivity contribution in [1.29, 1.82) is 0 Å². The maximum absolute atomic E-state index is 13.9. The molecule has 5 nitrogen and oxygen atoms in total. The number of benzene rings is 2. The first kappa shape index (κ1) is 27.7. The van der Waals surface area contributed by atoms with Gasteiger partial charge in [-0.05, 0) is 85.3 Å². The lowest BCUT2D eigenvalue weighted by atomic mass is 9.80. The molecule has 0 aliphatic heterocycles. The Morgan fingerprint density at radius 2 is 1.66 bits per heavy atom. The summed E-state index contributed by atoms with van der Waals surface area (Å²) in [5.41, 5.74) is 8.61. The molecule has 0 bridgehead atoms. The molecule has 2 aliphatic rings. The molecule has 1 unspecified atom stereocenters. The van der Waals surface area contributed by atoms with Gasteiger partial charge in [-0.3, -0.25) is 4.79 Å². The largest absolute Gasteiger partial charge is 0.394 e. The maximum Gasteiger partial charge on any atom is 0.228 e. The summed E-state index contributed by atoms with van der Waals surface area (Å²) >= 11 is 0. The molecule has 2 atom stereocenters. The fourth-order valence-electron chi connectivity index (χ4n) is 7.35. The minimum absolute atomic E-state index is 0.0256. The molecular weight excluding hydrogens is 506 g/mol. The third-order valence-electron chi connectivity index (χ3n) is 9.50. The number of carbonyl (C=O) groups is 1. The van der Waals surface area contributed by atoms with Crippen LogP contribution in [0.5, 0.6) is 0 Å². The van der Waals surface area contributed by atoms with Gasteiger partial charge in [0.05, 0.1) is 18.6 Å². The first-order chi connectivity index (χ1) is 20.1. The van der Waals surface area contributed by atoms with Crippen LogP contribution in [0.1, 0.15) is 96.8 Å². The molecule has 4 aromatic rings. The number of aryl methyl sites for hydroxylation is 2. The molecule has 41 heavy (non-hydrogen) atoms. The van der Waals surface area contributed by atoms with E-state index < -0.39 is 6.04 Å². The Kier molecular flexibility index (Phi) is 8.52. The van der Waals surface area contributed by atoms with Crippen LogP contribution < -0.4 is 5.32 Å². The molecule has 1 amide bonds. The van der Waals surface area contributed by atoms with Gasteiger partial charge < -0.3 is 15.0 Å². The van der Waals surface area contributed by atoms with Gasteiger partial charge in [0.2, 0.25) is 5.91 Å². The molecule has 1 saturated carbocycles. The first-order valence-corrected chi connectivity index (χ1v) is 15.6. The standard InChI is InChI=1S/C36H43N3O2/c1-25-21-22-37-35-33(25)30-15-9-10-16-32(30)39(35)23-26-17-19-29(20-18-26)34(28-13-5-2-3-6-14-28)36(41)38-31(24-40)27-11-7-4-8-12-27/h4,7-8,11-12,17-22,28,31,34,40H,2-3,5-6,9-10,13-16,23-24H2,1H3,(H,38,41)/t31-,34?/m0/s1. The van der Waals surface area contributed by atoms with E-state index in [2.05, 4.69) is 47.1 Å². The average Bonchev–Trinajstić information content (AvgIpc) is 3.13. The summed E-state index contributed by atoms with van der Waals surface area (Å²) in [6, 6.07) is 20.3. The van der Waals surface area contributed by atoms with Crippen LogP contribution in [0.4, 0.5) is 0 Å². The Morgan fingerprint density at radius 3 is 2.39 bits per heavy atom. The smallest absolute Gasteiger partial charge is 0.228 e. The summed E-state index contributed by atoms with van der Waals surface area (Å²) in [7, 11) is 0. The van der Waals surface area contributed by atoms with E-state index >= 15 is 0 Å². The van der Waals surface area contributed by atoms with Gasteiger partial charge in [-0.2, -0.15) is 0 Å². The van der Waals surface area contributed by atoms with E-state index in [4.69, 9.17) is 4.98 Å². The SMILES string of the molecule is Cc1ccnc2c1c1c(n2Cc2ccc(C(C(=O)N[C@@H](CO)c3ccccc3)C3CCCCCC3)cc2)CCCC1. The van der Waals surface area contributed by atoms with Crippen LogP contribution in [-0.2, 0) is 24.2 Å². The average molecular weight is 550 g/mol. The zero-order chi connectivity index (χ0) is 28.2. The number of hydrogen-bond acceptors (Lipinski definition) is 3. The third-order valence-corrected chi connectivity index (χ3v) is 9.50. The molecule has 0 radical (unpaired) electrons. The number of hydrogen-bond donors (Lipinski definition) is 2. The van der Waals surface area contributed by atoms with Gasteiger partial charge in [0.15, 0.2) is 0 Å². The maximum atomic E-state index is 13.9. The van der Waals surface area contributed by atoms with Crippen molar-refractivity contribution in [3.63, 3.8) is 0 Å². The molecule has 6 rings (SSSR count). The Hall–Kier alpha value is -3.44. The van der Waals surface area contributed by atoms with Crippen LogP contribution in [0.3, 0.4) is 0 Å². The van der Waals surface area contributed by atoms with Gasteiger partial charge in [0, 0.05) is 23.8 Å². The summed E-state index contributed by atoms with van der Waals surface area (Å²) in [6.45, 7) is 2.88. The minimum Gasteiger partial charge on any atom is -0.394 e. The van der Waals surface area contributed by atoms with Gasteiger partial charge in [0.25, 0.3) is 0 Å². The number of nitrogens with zero attached hydrogens (tertiary/aromatic N) is 2. The molecule has 2 aromatic heterocycles. The van der Waals surface area contributed by atoms with E-state index in [-0.39, 0.29) is 18.4 Å². The van der Waals surface area contributed by atoms with Crippen LogP contribution >= 0.6 is 0 Å². The number of amides is 1. The topological polar surface area (TPSA) is 67.2 Å². The Morgan fingerprint density at radius 1 is 0.927 bits per heavy atom. The Balaban J connectivity index is 1.28. The van der Waals surface area contributed by atoms with Crippen molar-refractivity contribution < 1.29 is 9.90 Å². The van der Waals surface area contributed by atoms with Gasteiger partial charge in [-0.15, -0.1) is 0 Å². The van der Waals surface area contributed by atoms with Crippen molar-refractivity contribution in [2.75, 3.05) is 6.61 Å². The number of aromatic nitrogens is 2. The predicted molar refractivity (Wildman–Crippen MR) is 165 cm³/mol. The normalized spacial score (nSPS) is 17.5. The fraction of sp³-hybridized carbons (Fsp3) is 0.444. The molecule has 2 N–H and O–H groups in total. The van der Waals surface area contributed by atoms with Crippen LogP contribution in [0.15, 0.2) is 66.9 Å². The first-order valence-electron chi connectivity index (χ1n) is 15.6. The zero-order valence-corrected chi connectivity index (χ0v) is 24.3. The molecule has 2 heterocycles. The zero-order valence-electron chi connectivity index (χ0n) is 24.3. The summed E-state index contributed by atoms with van der Waals surface area (Å²) in [5.74, 6) is 0.119. The van der Waals surface area contributed by atoms with Crippen molar-refractivity contribution >= 4 is 16.9 Å². The number of fused-ring (bicyclic) bond motifs is 3. The van der Waals surface area contributed by atoms with E-state index in [0.717, 1.165) is 49.0 Å². The van der Waals surface area contributed by atoms with Crippen molar-refractivity contribution in [3.8, 4) is 0 Å². The second kappa shape index (κ2) is 12.6. The van der Waals surface area contributed by atoms with Crippen LogP contribution in [0.2, 0.25) is 0 Å². The quantitative estimate of drug-likeness (QED) is 0.229. The molecule has 2 aromatic carbocycles. The van der Waals surface area contributed by atoms with Crippen LogP contribution in [0.25, 0.3) is 11.0 Å². The fourth-order valence-corrected chi connectivity index (χ4v) is 7.35. The summed E-state index contributed by atoms with van der Waals surface area (Å²) in [4.78, 5) is 18.8. The minimum atomic E-state index is -0.402. The van der Waals surface area contributed by atoms with Crippen LogP contribution in [-0.4, -0.2) is 27.2 Å². The molecule has 2 aliphatic carbocycles. The predicted octanol–water partition coefficient (Wildman–Crippen LogP) is 7.18. The highest BCUT2D eigenvalue weighted by Gasteiger charge is 2.32. The summed E-state index contributed by atoms with van der Waals surface area (Å²) in [6.07, 6.45) is 13.7. The summed E-state index contributed by atoms with van der Waals surface area (Å²) in [5, 5.41) is 14.7. The second-order valence-electron chi connectivity index (χ2n) is 12.2. The number of pyridine rings is 1. The van der Waals surface area contributed by atoms with Gasteiger partial charge in [-0.25, -0.2) is 4.98 Å². The highest BCUT2D eigenvalue weighted by Crippen LogP contribution is 2.37. The molecular formula is C36H43N3O2. The van der Waals surface area contributed by atoms with Gasteiger partial charge in [0.1, 0.15) is 5.65 Å². The number of aliphatic hydroxyl groups excluding tert-OH is 1. The highest BCUT2D eigenvalue weighted by molar-refractivity contribution is 5.86. The van der Waals surface area contributed by atoms with Gasteiger partial charge in [-0.1, -0.05) is 80.3 Å². The highest BCUT2D eigenvalue weighted by atomic mass is 16.3. The molecule has 5 heteroatoms. The summed E-state index contributed by atoms with van der Waals surface area (Å²) < 4.78 is 2.44. The lowest BCUT2D eigenvalue weighted by Gasteiger charge is -2.28. The molecule has 0 spiro atoms. The number of nitrogens with one attached hydrogen (secondary N) is 1. The number of carbonyl (C=O) groups excluding carboxylic acids is 1. The monoisotopic (exact) mass is 549 g/mol. The van der Waals surface area contributed by atoms with E-state index in [0.29, 0.717) is 5.92 Å².